The van der Waals surface area contributed by atoms with Crippen molar-refractivity contribution < 1.29 is 9.53 Å². The second kappa shape index (κ2) is 5.85. The zero-order valence-corrected chi connectivity index (χ0v) is 12.6. The molecule has 0 spiro atoms. The first-order chi connectivity index (χ1) is 10.2. The molecule has 0 radical (unpaired) electrons. The van der Waals surface area contributed by atoms with Crippen molar-refractivity contribution in [3.05, 3.63) is 30.0 Å². The topological polar surface area (TPSA) is 47.4 Å². The molecule has 0 bridgehead atoms. The van der Waals surface area contributed by atoms with Crippen molar-refractivity contribution >= 4 is 16.9 Å². The highest BCUT2D eigenvalue weighted by Crippen LogP contribution is 2.23. The van der Waals surface area contributed by atoms with Gasteiger partial charge in [0.1, 0.15) is 0 Å². The Balaban J connectivity index is 1.77. The summed E-state index contributed by atoms with van der Waals surface area (Å²) >= 11 is 0. The average Bonchev–Trinajstić information content (AvgIpc) is 2.83. The van der Waals surface area contributed by atoms with E-state index in [-0.39, 0.29) is 11.9 Å². The third kappa shape index (κ3) is 2.78. The molecule has 5 heteroatoms. The molecule has 0 saturated carbocycles. The second-order valence-corrected chi connectivity index (χ2v) is 5.68. The molecule has 1 aromatic carbocycles. The number of nitrogens with zero attached hydrogens (tertiary/aromatic N) is 3. The smallest absolute Gasteiger partial charge is 0.309 e. The highest BCUT2D eigenvalue weighted by Gasteiger charge is 2.27. The average molecular weight is 287 g/mol. The number of fused-ring (bicyclic) bond motifs is 1. The van der Waals surface area contributed by atoms with Gasteiger partial charge < -0.3 is 4.74 Å². The number of likely N-dealkylation sites (tertiary alicyclic amines) is 1. The fourth-order valence-corrected chi connectivity index (χ4v) is 3.18. The summed E-state index contributed by atoms with van der Waals surface area (Å²) < 4.78 is 6.80. The summed E-state index contributed by atoms with van der Waals surface area (Å²) in [7, 11) is 3.44. The van der Waals surface area contributed by atoms with E-state index in [1.54, 1.807) is 0 Å². The van der Waals surface area contributed by atoms with Gasteiger partial charge in [-0.25, -0.2) is 0 Å². The maximum Gasteiger partial charge on any atom is 0.309 e. The van der Waals surface area contributed by atoms with Gasteiger partial charge in [0.2, 0.25) is 0 Å². The Morgan fingerprint density at radius 3 is 3.05 bits per heavy atom. The van der Waals surface area contributed by atoms with E-state index in [4.69, 9.17) is 4.74 Å². The Bertz CT molecular complexity index is 650. The molecule has 0 N–H and O–H groups in total. The molecule has 0 aliphatic carbocycles. The van der Waals surface area contributed by atoms with E-state index in [9.17, 15) is 4.79 Å². The highest BCUT2D eigenvalue weighted by atomic mass is 16.5. The summed E-state index contributed by atoms with van der Waals surface area (Å²) in [4.78, 5) is 14.0. The largest absolute Gasteiger partial charge is 0.469 e. The minimum atomic E-state index is -0.0921. The van der Waals surface area contributed by atoms with Crippen LogP contribution in [0.3, 0.4) is 0 Å². The molecular weight excluding hydrogens is 266 g/mol. The van der Waals surface area contributed by atoms with Gasteiger partial charge in [-0.15, -0.1) is 0 Å². The number of piperidine rings is 1. The van der Waals surface area contributed by atoms with E-state index in [0.29, 0.717) is 0 Å². The summed E-state index contributed by atoms with van der Waals surface area (Å²) in [6, 6.07) is 8.27. The second-order valence-electron chi connectivity index (χ2n) is 5.68. The fraction of sp³-hybridized carbons (Fsp3) is 0.500. The fourth-order valence-electron chi connectivity index (χ4n) is 3.18. The van der Waals surface area contributed by atoms with Crippen LogP contribution in [0.2, 0.25) is 0 Å². The predicted octanol–water partition coefficient (Wildman–Crippen LogP) is 1.96. The normalized spacial score (nSPS) is 19.8. The number of methoxy groups -OCH3 is 1. The Labute approximate surface area is 124 Å². The standard InChI is InChI=1S/C16H21N3O2/c1-18-15-8-4-3-7-13(15)14(17-18)11-19-9-5-6-12(10-19)16(20)21-2/h3-4,7-8,12H,5-6,9-11H2,1-2H3. The van der Waals surface area contributed by atoms with Crippen LogP contribution in [0, 0.1) is 5.92 Å². The van der Waals surface area contributed by atoms with Crippen molar-refractivity contribution in [3.8, 4) is 0 Å². The maximum atomic E-state index is 11.7. The highest BCUT2D eigenvalue weighted by molar-refractivity contribution is 5.81. The Hall–Kier alpha value is -1.88. The van der Waals surface area contributed by atoms with Gasteiger partial charge in [0, 0.05) is 25.5 Å². The van der Waals surface area contributed by atoms with Crippen molar-refractivity contribution in [2.45, 2.75) is 19.4 Å². The summed E-state index contributed by atoms with van der Waals surface area (Å²) in [5, 5.41) is 5.83. The van der Waals surface area contributed by atoms with Crippen LogP contribution in [-0.4, -0.2) is 40.8 Å². The van der Waals surface area contributed by atoms with Crippen LogP contribution in [0.25, 0.3) is 10.9 Å². The number of benzene rings is 1. The van der Waals surface area contributed by atoms with Crippen LogP contribution in [0.4, 0.5) is 0 Å². The minimum absolute atomic E-state index is 0.00118. The molecule has 21 heavy (non-hydrogen) atoms. The lowest BCUT2D eigenvalue weighted by molar-refractivity contribution is -0.147. The minimum Gasteiger partial charge on any atom is -0.469 e. The predicted molar refractivity (Wildman–Crippen MR) is 80.7 cm³/mol. The number of carbonyl (C=O) groups is 1. The van der Waals surface area contributed by atoms with Crippen LogP contribution < -0.4 is 0 Å². The van der Waals surface area contributed by atoms with Gasteiger partial charge in [0.05, 0.1) is 24.2 Å². The van der Waals surface area contributed by atoms with Crippen molar-refractivity contribution in [3.63, 3.8) is 0 Å². The van der Waals surface area contributed by atoms with Gasteiger partial charge in [0.25, 0.3) is 0 Å². The number of rotatable bonds is 3. The van der Waals surface area contributed by atoms with Crippen molar-refractivity contribution in [2.75, 3.05) is 20.2 Å². The molecule has 1 unspecified atom stereocenters. The van der Waals surface area contributed by atoms with Gasteiger partial charge in [-0.2, -0.15) is 5.10 Å². The van der Waals surface area contributed by atoms with Crippen LogP contribution in [-0.2, 0) is 23.1 Å². The Morgan fingerprint density at radius 2 is 2.24 bits per heavy atom. The molecule has 112 valence electrons. The van der Waals surface area contributed by atoms with E-state index in [1.807, 2.05) is 23.9 Å². The molecule has 2 heterocycles. The lowest BCUT2D eigenvalue weighted by Gasteiger charge is -2.30. The molecule has 1 aliphatic heterocycles. The van der Waals surface area contributed by atoms with Gasteiger partial charge in [-0.1, -0.05) is 18.2 Å². The lowest BCUT2D eigenvalue weighted by Crippen LogP contribution is -2.38. The van der Waals surface area contributed by atoms with E-state index in [0.717, 1.165) is 43.7 Å². The van der Waals surface area contributed by atoms with Crippen molar-refractivity contribution in [1.82, 2.24) is 14.7 Å². The molecule has 1 fully saturated rings. The zero-order chi connectivity index (χ0) is 14.8. The van der Waals surface area contributed by atoms with Gasteiger partial charge in [-0.05, 0) is 25.5 Å². The molecular formula is C16H21N3O2. The van der Waals surface area contributed by atoms with Crippen LogP contribution in [0.5, 0.6) is 0 Å². The van der Waals surface area contributed by atoms with Gasteiger partial charge in [0.15, 0.2) is 0 Å². The molecule has 0 amide bonds. The number of aromatic nitrogens is 2. The third-order valence-corrected chi connectivity index (χ3v) is 4.25. The maximum absolute atomic E-state index is 11.7. The number of hydrogen-bond acceptors (Lipinski definition) is 4. The first kappa shape index (κ1) is 14.1. The van der Waals surface area contributed by atoms with E-state index >= 15 is 0 Å². The molecule has 1 atom stereocenters. The molecule has 1 aliphatic rings. The van der Waals surface area contributed by atoms with Crippen LogP contribution >= 0.6 is 0 Å². The van der Waals surface area contributed by atoms with Crippen LogP contribution in [0.1, 0.15) is 18.5 Å². The first-order valence-corrected chi connectivity index (χ1v) is 7.40. The summed E-state index contributed by atoms with van der Waals surface area (Å²) in [6.07, 6.45) is 1.96. The first-order valence-electron chi connectivity index (χ1n) is 7.40. The number of hydrogen-bond donors (Lipinski definition) is 0. The number of aryl methyl sites for hydroxylation is 1. The molecule has 2 aromatic rings. The van der Waals surface area contributed by atoms with E-state index < -0.39 is 0 Å². The van der Waals surface area contributed by atoms with Crippen molar-refractivity contribution in [1.29, 1.82) is 0 Å². The van der Waals surface area contributed by atoms with Gasteiger partial charge in [-0.3, -0.25) is 14.4 Å². The van der Waals surface area contributed by atoms with Gasteiger partial charge >= 0.3 is 5.97 Å². The van der Waals surface area contributed by atoms with Crippen molar-refractivity contribution in [2.24, 2.45) is 13.0 Å². The SMILES string of the molecule is COC(=O)C1CCCN(Cc2nn(C)c3ccccc23)C1. The number of carbonyl (C=O) groups excluding carboxylic acids is 1. The third-order valence-electron chi connectivity index (χ3n) is 4.25. The molecule has 1 aromatic heterocycles. The quantitative estimate of drug-likeness (QED) is 0.810. The Kier molecular flexibility index (Phi) is 3.92. The lowest BCUT2D eigenvalue weighted by atomic mass is 9.98. The molecule has 5 nitrogen and oxygen atoms in total. The molecule has 3 rings (SSSR count). The van der Waals surface area contributed by atoms with Crippen LogP contribution in [0.15, 0.2) is 24.3 Å². The number of esters is 1. The van der Waals surface area contributed by atoms with E-state index in [1.165, 1.54) is 12.5 Å². The number of ether oxygens (including phenoxy) is 1. The summed E-state index contributed by atoms with van der Waals surface area (Å²) in [5.41, 5.74) is 2.23. The van der Waals surface area contributed by atoms with E-state index in [2.05, 4.69) is 22.1 Å². The number of para-hydroxylation sites is 1. The monoisotopic (exact) mass is 287 g/mol. The zero-order valence-electron chi connectivity index (χ0n) is 12.6. The summed E-state index contributed by atoms with van der Waals surface area (Å²) in [6.45, 7) is 2.56. The molecule has 1 saturated heterocycles. The Morgan fingerprint density at radius 1 is 1.43 bits per heavy atom. The summed E-state index contributed by atoms with van der Waals surface area (Å²) in [5.74, 6) is -0.0932.